The first-order chi connectivity index (χ1) is 22.9. The van der Waals surface area contributed by atoms with Crippen molar-refractivity contribution in [3.8, 4) is 22.4 Å². The molecule has 0 aliphatic rings. The molecule has 5 aromatic rings. The summed E-state index contributed by atoms with van der Waals surface area (Å²) >= 11 is 0. The van der Waals surface area contributed by atoms with E-state index in [1.807, 2.05) is 58.5 Å². The van der Waals surface area contributed by atoms with Gasteiger partial charge in [0.05, 0.1) is 17.7 Å². The number of aliphatic hydroxyl groups is 1. The van der Waals surface area contributed by atoms with Crippen LogP contribution in [0.1, 0.15) is 99.3 Å². The van der Waals surface area contributed by atoms with Crippen LogP contribution in [0.5, 0.6) is 0 Å². The molecular formula is C43H53IrN2O3-. The molecule has 0 saturated heterocycles. The predicted molar refractivity (Wildman–Crippen MR) is 200 cm³/mol. The van der Waals surface area contributed by atoms with Gasteiger partial charge in [0.2, 0.25) is 0 Å². The maximum Gasteiger partial charge on any atom is 0.162 e. The van der Waals surface area contributed by atoms with Crippen LogP contribution in [-0.4, -0.2) is 20.9 Å². The number of carbonyl (C=O) groups is 1. The summed E-state index contributed by atoms with van der Waals surface area (Å²) in [5, 5.41) is 13.2. The Bertz CT molecular complexity index is 1860. The second kappa shape index (κ2) is 17.9. The molecule has 0 atom stereocenters. The third-order valence-corrected chi connectivity index (χ3v) is 9.18. The van der Waals surface area contributed by atoms with E-state index in [0.29, 0.717) is 5.92 Å². The van der Waals surface area contributed by atoms with E-state index in [1.54, 1.807) is 0 Å². The molecule has 0 aliphatic heterocycles. The first-order valence-electron chi connectivity index (χ1n) is 17.6. The van der Waals surface area contributed by atoms with Gasteiger partial charge in [-0.1, -0.05) is 97.5 Å². The van der Waals surface area contributed by atoms with Crippen LogP contribution >= 0.6 is 0 Å². The number of carbonyl (C=O) groups excluding carboxylic acids is 1. The molecule has 3 aromatic heterocycles. The molecule has 0 aliphatic carbocycles. The molecule has 263 valence electrons. The number of aromatic nitrogens is 2. The van der Waals surface area contributed by atoms with Gasteiger partial charge in [-0.05, 0) is 61.1 Å². The van der Waals surface area contributed by atoms with Crippen molar-refractivity contribution in [2.24, 2.45) is 17.8 Å². The van der Waals surface area contributed by atoms with E-state index in [4.69, 9.17) is 9.40 Å². The summed E-state index contributed by atoms with van der Waals surface area (Å²) in [5.41, 5.74) is 7.29. The third-order valence-electron chi connectivity index (χ3n) is 9.18. The molecule has 0 bridgehead atoms. The van der Waals surface area contributed by atoms with Crippen molar-refractivity contribution < 1.29 is 34.4 Å². The Hall–Kier alpha value is -3.60. The second-order valence-electron chi connectivity index (χ2n) is 14.2. The average molecular weight is 838 g/mol. The largest absolute Gasteiger partial charge is 0.512 e. The van der Waals surface area contributed by atoms with E-state index in [1.165, 1.54) is 17.0 Å². The minimum atomic E-state index is 0. The predicted octanol–water partition coefficient (Wildman–Crippen LogP) is 11.9. The van der Waals surface area contributed by atoms with Gasteiger partial charge in [0, 0.05) is 67.1 Å². The van der Waals surface area contributed by atoms with E-state index >= 15 is 0 Å². The van der Waals surface area contributed by atoms with Crippen LogP contribution in [0.3, 0.4) is 0 Å². The summed E-state index contributed by atoms with van der Waals surface area (Å²) in [4.78, 5) is 21.0. The Morgan fingerprint density at radius 2 is 1.55 bits per heavy atom. The molecule has 3 heterocycles. The molecule has 0 unspecified atom stereocenters. The maximum absolute atomic E-state index is 11.7. The molecule has 0 saturated carbocycles. The number of aliphatic hydroxyl groups excluding tert-OH is 1. The van der Waals surface area contributed by atoms with Gasteiger partial charge in [0.15, 0.2) is 11.4 Å². The Balaban J connectivity index is 0.000000347. The Labute approximate surface area is 307 Å². The van der Waals surface area contributed by atoms with Crippen molar-refractivity contribution >= 4 is 27.5 Å². The SMILES string of the molecule is CC(C)Cc1nccc2c(-c3ccnc(-c4[c-]c5ccccc5c(C(C)(C)C)c4)c3)coc12.CCC(CC)C(=O)/C=C(\O)C(CC)CC.[Ir]. The van der Waals surface area contributed by atoms with Crippen LogP contribution in [0.15, 0.2) is 83.4 Å². The van der Waals surface area contributed by atoms with Gasteiger partial charge in [0.1, 0.15) is 0 Å². The van der Waals surface area contributed by atoms with Gasteiger partial charge < -0.3 is 9.52 Å². The molecule has 0 amide bonds. The number of benzene rings is 2. The fourth-order valence-corrected chi connectivity index (χ4v) is 6.29. The summed E-state index contributed by atoms with van der Waals surface area (Å²) in [6, 6.07) is 20.5. The fraction of sp³-hybridized carbons (Fsp3) is 0.419. The standard InChI is InChI=1S/C30H29N2O.C13H24O2.Ir/c1-19(2)14-28-29-24(11-13-32-28)25(18-33-29)21-10-12-31-27(17-21)22-15-20-8-6-7-9-23(20)26(16-22)30(3,4)5;1-5-10(6-2)12(14)9-13(15)11(7-3)8-4;/h6-13,16-19H,14H2,1-5H3;9-11,14H,5-8H2,1-4H3;/q-1;;/b;12-9-;. The number of pyridine rings is 2. The normalized spacial score (nSPS) is 12.0. The molecule has 6 heteroatoms. The van der Waals surface area contributed by atoms with Gasteiger partial charge in [-0.15, -0.1) is 29.1 Å². The van der Waals surface area contributed by atoms with Gasteiger partial charge in [-0.3, -0.25) is 14.8 Å². The van der Waals surface area contributed by atoms with E-state index in [2.05, 4.69) is 82.1 Å². The minimum absolute atomic E-state index is 0. The number of hydrogen-bond acceptors (Lipinski definition) is 5. The van der Waals surface area contributed by atoms with E-state index in [-0.39, 0.29) is 48.9 Å². The number of hydrogen-bond donors (Lipinski definition) is 1. The smallest absolute Gasteiger partial charge is 0.162 e. The molecule has 1 radical (unpaired) electrons. The summed E-state index contributed by atoms with van der Waals surface area (Å²) in [5.74, 6) is 1.07. The first kappa shape index (κ1) is 39.8. The summed E-state index contributed by atoms with van der Waals surface area (Å²) in [6.45, 7) is 19.2. The summed E-state index contributed by atoms with van der Waals surface area (Å²) in [6.07, 6.45) is 11.4. The van der Waals surface area contributed by atoms with Crippen molar-refractivity contribution in [1.82, 2.24) is 9.97 Å². The molecule has 49 heavy (non-hydrogen) atoms. The number of nitrogens with zero attached hydrogens (tertiary/aromatic N) is 2. The Morgan fingerprint density at radius 1 is 0.898 bits per heavy atom. The van der Waals surface area contributed by atoms with Gasteiger partial charge in [-0.2, -0.15) is 0 Å². The van der Waals surface area contributed by atoms with Crippen LogP contribution in [0, 0.1) is 23.8 Å². The van der Waals surface area contributed by atoms with Crippen molar-refractivity contribution in [2.45, 2.75) is 99.8 Å². The number of ketones is 1. The number of rotatable bonds is 11. The van der Waals surface area contributed by atoms with Crippen LogP contribution in [0.25, 0.3) is 44.1 Å². The number of allylic oxidation sites excluding steroid dienone is 2. The Morgan fingerprint density at radius 3 is 2.18 bits per heavy atom. The summed E-state index contributed by atoms with van der Waals surface area (Å²) < 4.78 is 6.01. The maximum atomic E-state index is 11.7. The number of fused-ring (bicyclic) bond motifs is 2. The van der Waals surface area contributed by atoms with Crippen LogP contribution < -0.4 is 0 Å². The zero-order valence-electron chi connectivity index (χ0n) is 30.7. The van der Waals surface area contributed by atoms with Crippen LogP contribution in [0.2, 0.25) is 0 Å². The zero-order valence-corrected chi connectivity index (χ0v) is 33.1. The van der Waals surface area contributed by atoms with Gasteiger partial charge in [-0.25, -0.2) is 0 Å². The monoisotopic (exact) mass is 838 g/mol. The Kier molecular flexibility index (Phi) is 14.5. The molecule has 1 N–H and O–H groups in total. The van der Waals surface area contributed by atoms with Gasteiger partial charge >= 0.3 is 0 Å². The van der Waals surface area contributed by atoms with Crippen molar-refractivity contribution in [1.29, 1.82) is 0 Å². The molecule has 0 spiro atoms. The van der Waals surface area contributed by atoms with Crippen molar-refractivity contribution in [2.75, 3.05) is 0 Å². The molecule has 2 aromatic carbocycles. The topological polar surface area (TPSA) is 76.2 Å². The molecule has 0 fully saturated rings. The minimum Gasteiger partial charge on any atom is -0.512 e. The average Bonchev–Trinajstić information content (AvgIpc) is 3.50. The van der Waals surface area contributed by atoms with Crippen LogP contribution in [0.4, 0.5) is 0 Å². The molecule has 5 rings (SSSR count). The first-order valence-corrected chi connectivity index (χ1v) is 17.6. The summed E-state index contributed by atoms with van der Waals surface area (Å²) in [7, 11) is 0. The fourth-order valence-electron chi connectivity index (χ4n) is 6.29. The molecule has 5 nitrogen and oxygen atoms in total. The molecular weight excluding hydrogens is 785 g/mol. The zero-order chi connectivity index (χ0) is 35.0. The van der Waals surface area contributed by atoms with E-state index in [0.717, 1.165) is 76.5 Å². The second-order valence-corrected chi connectivity index (χ2v) is 14.2. The van der Waals surface area contributed by atoms with E-state index in [9.17, 15) is 9.90 Å². The van der Waals surface area contributed by atoms with Gasteiger partial charge in [0.25, 0.3) is 0 Å². The quantitative estimate of drug-likeness (QED) is 0.0815. The number of furan rings is 1. The van der Waals surface area contributed by atoms with E-state index < -0.39 is 0 Å². The van der Waals surface area contributed by atoms with Crippen LogP contribution in [-0.2, 0) is 36.7 Å². The van der Waals surface area contributed by atoms with Crippen molar-refractivity contribution in [3.63, 3.8) is 0 Å². The van der Waals surface area contributed by atoms with Crippen molar-refractivity contribution in [3.05, 3.63) is 96.3 Å². The third kappa shape index (κ3) is 9.77.